The van der Waals surface area contributed by atoms with Crippen molar-refractivity contribution in [1.29, 1.82) is 0 Å². The number of piperidine rings is 1. The lowest BCUT2D eigenvalue weighted by Gasteiger charge is -2.54. The van der Waals surface area contributed by atoms with Gasteiger partial charge in [-0.3, -0.25) is 9.80 Å². The van der Waals surface area contributed by atoms with Crippen molar-refractivity contribution < 1.29 is 23.8 Å². The minimum absolute atomic E-state index is 0.266. The summed E-state index contributed by atoms with van der Waals surface area (Å²) in [6.45, 7) is 11.0. The number of hydrogen-bond donors (Lipinski definition) is 1. The Morgan fingerprint density at radius 2 is 1.41 bits per heavy atom. The van der Waals surface area contributed by atoms with E-state index < -0.39 is 5.97 Å². The quantitative estimate of drug-likeness (QED) is 0.341. The van der Waals surface area contributed by atoms with Crippen LogP contribution < -0.4 is 9.47 Å². The van der Waals surface area contributed by atoms with Gasteiger partial charge in [-0.25, -0.2) is 9.18 Å². The molecule has 0 radical (unpaired) electrons. The van der Waals surface area contributed by atoms with E-state index in [0.29, 0.717) is 24.2 Å². The molecule has 39 heavy (non-hydrogen) atoms. The van der Waals surface area contributed by atoms with Crippen LogP contribution in [-0.4, -0.2) is 60.3 Å². The first kappa shape index (κ1) is 27.2. The summed E-state index contributed by atoms with van der Waals surface area (Å²) < 4.78 is 25.7. The lowest BCUT2D eigenvalue weighted by Crippen LogP contribution is -2.59. The van der Waals surface area contributed by atoms with E-state index in [1.807, 2.05) is 26.0 Å². The summed E-state index contributed by atoms with van der Waals surface area (Å²) in [5, 5.41) is 9.10. The minimum Gasteiger partial charge on any atom is -0.493 e. The van der Waals surface area contributed by atoms with Gasteiger partial charge in [0.05, 0.1) is 24.3 Å². The van der Waals surface area contributed by atoms with E-state index in [0.717, 1.165) is 73.0 Å². The van der Waals surface area contributed by atoms with Crippen molar-refractivity contribution in [2.75, 3.05) is 39.4 Å². The molecule has 0 amide bonds. The van der Waals surface area contributed by atoms with Gasteiger partial charge in [-0.1, -0.05) is 24.3 Å². The minimum atomic E-state index is -0.886. The highest BCUT2D eigenvalue weighted by Crippen LogP contribution is 2.43. The highest BCUT2D eigenvalue weighted by Gasteiger charge is 2.44. The van der Waals surface area contributed by atoms with E-state index in [1.165, 1.54) is 25.0 Å². The Hall–Kier alpha value is -3.42. The Kier molecular flexibility index (Phi) is 8.19. The Morgan fingerprint density at radius 3 is 1.95 bits per heavy atom. The second-order valence-corrected chi connectivity index (χ2v) is 10.8. The van der Waals surface area contributed by atoms with Crippen molar-refractivity contribution in [1.82, 2.24) is 9.80 Å². The van der Waals surface area contributed by atoms with Gasteiger partial charge in [0.2, 0.25) is 0 Å². The molecule has 3 aromatic rings. The van der Waals surface area contributed by atoms with Gasteiger partial charge in [-0.2, -0.15) is 0 Å². The normalized spacial score (nSPS) is 17.1. The van der Waals surface area contributed by atoms with Gasteiger partial charge in [0.25, 0.3) is 0 Å². The summed E-state index contributed by atoms with van der Waals surface area (Å²) in [6.07, 6.45) is 2.34. The molecule has 206 valence electrons. The SMILES string of the molecule is CCOc1cc(CN2CCC3(CC2)CN(Cc2ccc(C(=O)O)cc2)C3)cc(OCC)c1-c1ccc(F)cc1. The van der Waals surface area contributed by atoms with Crippen molar-refractivity contribution in [2.45, 2.75) is 39.8 Å². The summed E-state index contributed by atoms with van der Waals surface area (Å²) in [7, 11) is 0. The number of halogens is 1. The molecule has 6 nitrogen and oxygen atoms in total. The Morgan fingerprint density at radius 1 is 0.846 bits per heavy atom. The lowest BCUT2D eigenvalue weighted by molar-refractivity contribution is -0.0524. The van der Waals surface area contributed by atoms with Crippen LogP contribution in [0.25, 0.3) is 11.1 Å². The predicted octanol–water partition coefficient (Wildman–Crippen LogP) is 6.09. The van der Waals surface area contributed by atoms with Crippen LogP contribution in [0.3, 0.4) is 0 Å². The molecule has 0 bridgehead atoms. The Balaban J connectivity index is 1.21. The van der Waals surface area contributed by atoms with Gasteiger partial charge in [0.1, 0.15) is 17.3 Å². The monoisotopic (exact) mass is 532 g/mol. The molecule has 0 atom stereocenters. The molecule has 0 aromatic heterocycles. The van der Waals surface area contributed by atoms with Crippen molar-refractivity contribution in [3.05, 3.63) is 83.2 Å². The molecule has 3 aromatic carbocycles. The third-order valence-corrected chi connectivity index (χ3v) is 7.91. The zero-order valence-electron chi connectivity index (χ0n) is 22.8. The summed E-state index contributed by atoms with van der Waals surface area (Å²) in [5.41, 5.74) is 4.78. The Bertz CT molecular complexity index is 1250. The van der Waals surface area contributed by atoms with Crippen molar-refractivity contribution in [3.63, 3.8) is 0 Å². The zero-order valence-corrected chi connectivity index (χ0v) is 22.8. The number of likely N-dealkylation sites (tertiary alicyclic amines) is 2. The smallest absolute Gasteiger partial charge is 0.335 e. The molecular weight excluding hydrogens is 495 g/mol. The highest BCUT2D eigenvalue weighted by atomic mass is 19.1. The van der Waals surface area contributed by atoms with Crippen LogP contribution in [0.2, 0.25) is 0 Å². The molecular formula is C32H37FN2O4. The standard InChI is InChI=1S/C32H37FN2O4/c1-3-38-28-17-24(18-29(39-4-2)30(28)25-9-11-27(33)12-10-25)20-34-15-13-32(14-16-34)21-35(22-32)19-23-5-7-26(8-6-23)31(36)37/h5-12,17-18H,3-4,13-16,19-22H2,1-2H3,(H,36,37). The molecule has 2 aliphatic heterocycles. The van der Waals surface area contributed by atoms with E-state index in [4.69, 9.17) is 14.6 Å². The van der Waals surface area contributed by atoms with Crippen molar-refractivity contribution in [2.24, 2.45) is 5.41 Å². The molecule has 2 heterocycles. The molecule has 0 saturated carbocycles. The molecule has 0 unspecified atom stereocenters. The largest absolute Gasteiger partial charge is 0.493 e. The summed E-state index contributed by atoms with van der Waals surface area (Å²) in [6, 6.07) is 17.9. The van der Waals surface area contributed by atoms with Crippen LogP contribution in [0, 0.1) is 11.2 Å². The average Bonchev–Trinajstić information content (AvgIpc) is 2.90. The van der Waals surface area contributed by atoms with Crippen LogP contribution in [0.1, 0.15) is 48.2 Å². The Labute approximate surface area is 230 Å². The highest BCUT2D eigenvalue weighted by molar-refractivity contribution is 5.87. The second kappa shape index (κ2) is 11.8. The van der Waals surface area contributed by atoms with Crippen LogP contribution >= 0.6 is 0 Å². The molecule has 2 fully saturated rings. The number of carbonyl (C=O) groups is 1. The molecule has 1 N–H and O–H groups in total. The first-order valence-corrected chi connectivity index (χ1v) is 13.8. The number of rotatable bonds is 10. The number of nitrogens with zero attached hydrogens (tertiary/aromatic N) is 2. The second-order valence-electron chi connectivity index (χ2n) is 10.8. The van der Waals surface area contributed by atoms with Crippen LogP contribution in [0.4, 0.5) is 4.39 Å². The molecule has 5 rings (SSSR count). The molecule has 2 saturated heterocycles. The molecule has 0 aliphatic carbocycles. The number of carboxylic acid groups (broad SMARTS) is 1. The van der Waals surface area contributed by atoms with Crippen molar-refractivity contribution in [3.8, 4) is 22.6 Å². The first-order chi connectivity index (χ1) is 18.9. The fourth-order valence-corrected chi connectivity index (χ4v) is 5.96. The number of aromatic carboxylic acids is 1. The fourth-order valence-electron chi connectivity index (χ4n) is 5.96. The third kappa shape index (κ3) is 6.26. The summed E-state index contributed by atoms with van der Waals surface area (Å²) >= 11 is 0. The van der Waals surface area contributed by atoms with Gasteiger partial charge in [0.15, 0.2) is 0 Å². The number of carboxylic acids is 1. The maximum Gasteiger partial charge on any atom is 0.335 e. The van der Waals surface area contributed by atoms with Crippen LogP contribution in [0.15, 0.2) is 60.7 Å². The van der Waals surface area contributed by atoms with E-state index in [1.54, 1.807) is 24.3 Å². The number of benzene rings is 3. The average molecular weight is 533 g/mol. The zero-order chi connectivity index (χ0) is 27.4. The molecule has 1 spiro atoms. The first-order valence-electron chi connectivity index (χ1n) is 13.8. The van der Waals surface area contributed by atoms with Gasteiger partial charge >= 0.3 is 5.97 Å². The van der Waals surface area contributed by atoms with E-state index in [-0.39, 0.29) is 5.82 Å². The summed E-state index contributed by atoms with van der Waals surface area (Å²) in [4.78, 5) is 16.1. The van der Waals surface area contributed by atoms with Crippen LogP contribution in [-0.2, 0) is 13.1 Å². The number of ether oxygens (including phenoxy) is 2. The van der Waals surface area contributed by atoms with Gasteiger partial charge in [-0.15, -0.1) is 0 Å². The van der Waals surface area contributed by atoms with Gasteiger partial charge < -0.3 is 14.6 Å². The van der Waals surface area contributed by atoms with E-state index >= 15 is 0 Å². The third-order valence-electron chi connectivity index (χ3n) is 7.91. The lowest BCUT2D eigenvalue weighted by atomic mass is 9.72. The molecule has 7 heteroatoms. The predicted molar refractivity (Wildman–Crippen MR) is 150 cm³/mol. The maximum atomic E-state index is 13.6. The van der Waals surface area contributed by atoms with E-state index in [2.05, 4.69) is 21.9 Å². The fraction of sp³-hybridized carbons (Fsp3) is 0.406. The van der Waals surface area contributed by atoms with Crippen LogP contribution in [0.5, 0.6) is 11.5 Å². The summed E-state index contributed by atoms with van der Waals surface area (Å²) in [5.74, 6) is 0.385. The maximum absolute atomic E-state index is 13.6. The van der Waals surface area contributed by atoms with E-state index in [9.17, 15) is 9.18 Å². The number of hydrogen-bond acceptors (Lipinski definition) is 5. The van der Waals surface area contributed by atoms with Crippen molar-refractivity contribution >= 4 is 5.97 Å². The van der Waals surface area contributed by atoms with Gasteiger partial charge in [0, 0.05) is 26.2 Å². The topological polar surface area (TPSA) is 62.2 Å². The van der Waals surface area contributed by atoms with Gasteiger partial charge in [-0.05, 0) is 98.3 Å². The molecule has 2 aliphatic rings.